The summed E-state index contributed by atoms with van der Waals surface area (Å²) in [4.78, 5) is 19.5. The Morgan fingerprint density at radius 3 is 3.00 bits per heavy atom. The van der Waals surface area contributed by atoms with Gasteiger partial charge in [0.2, 0.25) is 0 Å². The van der Waals surface area contributed by atoms with E-state index in [9.17, 15) is 14.9 Å². The van der Waals surface area contributed by atoms with E-state index < -0.39 is 11.0 Å². The second-order valence-corrected chi connectivity index (χ2v) is 2.31. The Morgan fingerprint density at radius 1 is 1.85 bits per heavy atom. The van der Waals surface area contributed by atoms with E-state index in [4.69, 9.17) is 0 Å². The highest BCUT2D eigenvalue weighted by Gasteiger charge is 2.15. The molecule has 0 aromatic carbocycles. The van der Waals surface area contributed by atoms with Gasteiger partial charge in [-0.3, -0.25) is 4.79 Å². The highest BCUT2D eigenvalue weighted by molar-refractivity contribution is 5.38. The average Bonchev–Trinajstić information content (AvgIpc) is 2.52. The van der Waals surface area contributed by atoms with Crippen molar-refractivity contribution < 1.29 is 14.5 Å². The van der Waals surface area contributed by atoms with Gasteiger partial charge in [0.25, 0.3) is 6.47 Å². The molecule has 0 aliphatic rings. The molecule has 0 aliphatic carbocycles. The smallest absolute Gasteiger partial charge is 0.342 e. The Morgan fingerprint density at radius 2 is 2.54 bits per heavy atom. The molecule has 0 spiro atoms. The molecule has 1 unspecified atom stereocenters. The summed E-state index contributed by atoms with van der Waals surface area (Å²) in [5.41, 5.74) is 0.318. The van der Waals surface area contributed by atoms with Gasteiger partial charge in [0, 0.05) is 0 Å². The number of carbonyl (C=O) groups excluding carboxylic acids is 1. The Bertz CT molecular complexity index is 321. The van der Waals surface area contributed by atoms with Crippen LogP contribution in [0.1, 0.15) is 18.7 Å². The van der Waals surface area contributed by atoms with Gasteiger partial charge in [-0.1, -0.05) is 5.10 Å². The fourth-order valence-electron chi connectivity index (χ4n) is 0.781. The third kappa shape index (κ3) is 2.01. The van der Waals surface area contributed by atoms with E-state index in [0.29, 0.717) is 5.69 Å². The summed E-state index contributed by atoms with van der Waals surface area (Å²) in [6.07, 6.45) is -0.581. The maximum Gasteiger partial charge on any atom is 0.342 e. The van der Waals surface area contributed by atoms with Gasteiger partial charge in [0.05, 0.1) is 6.07 Å². The zero-order valence-electron chi connectivity index (χ0n) is 6.76. The summed E-state index contributed by atoms with van der Waals surface area (Å²) in [7, 11) is 0. The van der Waals surface area contributed by atoms with E-state index in [1.165, 1.54) is 6.07 Å². The first kappa shape index (κ1) is 9.17. The van der Waals surface area contributed by atoms with E-state index in [0.717, 1.165) is 0 Å². The molecule has 0 bridgehead atoms. The minimum atomic E-state index is -0.607. The number of nitrogens with zero attached hydrogens (tertiary/aromatic N) is 2. The summed E-state index contributed by atoms with van der Waals surface area (Å²) in [6.45, 7) is 1.83. The largest absolute Gasteiger partial charge is 0.458 e. The molecule has 1 aromatic heterocycles. The number of carbonyl (C=O) groups is 1. The van der Waals surface area contributed by atoms with Crippen molar-refractivity contribution in [3.63, 3.8) is 0 Å². The fourth-order valence-corrected chi connectivity index (χ4v) is 0.781. The van der Waals surface area contributed by atoms with Gasteiger partial charge in [0.15, 0.2) is 0 Å². The van der Waals surface area contributed by atoms with Crippen LogP contribution in [0.15, 0.2) is 6.07 Å². The van der Waals surface area contributed by atoms with Crippen molar-refractivity contribution in [3.8, 4) is 0 Å². The summed E-state index contributed by atoms with van der Waals surface area (Å²) < 4.78 is 4.54. The van der Waals surface area contributed by atoms with Crippen molar-refractivity contribution >= 4 is 12.3 Å². The normalized spacial score (nSPS) is 12.1. The molecular formula is C6H7N3O4. The van der Waals surface area contributed by atoms with Crippen LogP contribution in [-0.4, -0.2) is 21.6 Å². The summed E-state index contributed by atoms with van der Waals surface area (Å²) in [6, 6.07) is 1.22. The molecule has 0 amide bonds. The molecule has 7 heteroatoms. The standard InChI is InChI=1S/C6H7N3O4/c1-4(13-3-10)5-2-6(8-7-5)9(11)12/h2-4H,1H3,(H,7,8). The van der Waals surface area contributed by atoms with Gasteiger partial charge in [-0.05, 0) is 11.8 Å². The van der Waals surface area contributed by atoms with E-state index in [-0.39, 0.29) is 12.3 Å². The summed E-state index contributed by atoms with van der Waals surface area (Å²) in [5, 5.41) is 16.0. The number of H-pyrrole nitrogens is 1. The first-order valence-corrected chi connectivity index (χ1v) is 3.44. The van der Waals surface area contributed by atoms with Crippen molar-refractivity contribution in [1.82, 2.24) is 10.2 Å². The lowest BCUT2D eigenvalue weighted by Crippen LogP contribution is -1.97. The number of hydrogen-bond donors (Lipinski definition) is 1. The number of nitrogens with one attached hydrogen (secondary N) is 1. The van der Waals surface area contributed by atoms with Crippen LogP contribution < -0.4 is 0 Å². The topological polar surface area (TPSA) is 98.1 Å². The summed E-state index contributed by atoms with van der Waals surface area (Å²) >= 11 is 0. The van der Waals surface area contributed by atoms with E-state index in [1.807, 2.05) is 0 Å². The Balaban J connectivity index is 2.78. The van der Waals surface area contributed by atoms with Crippen LogP contribution in [0, 0.1) is 10.1 Å². The zero-order chi connectivity index (χ0) is 9.84. The molecule has 13 heavy (non-hydrogen) atoms. The minimum Gasteiger partial charge on any atom is -0.458 e. The van der Waals surface area contributed by atoms with Crippen molar-refractivity contribution in [2.75, 3.05) is 0 Å². The van der Waals surface area contributed by atoms with E-state index in [1.54, 1.807) is 6.92 Å². The van der Waals surface area contributed by atoms with Crippen LogP contribution in [0.3, 0.4) is 0 Å². The van der Waals surface area contributed by atoms with Crippen LogP contribution >= 0.6 is 0 Å². The molecule has 1 rings (SSSR count). The lowest BCUT2D eigenvalue weighted by atomic mass is 10.3. The molecular weight excluding hydrogens is 178 g/mol. The number of nitro groups is 1. The fraction of sp³-hybridized carbons (Fsp3) is 0.333. The molecule has 0 fully saturated rings. The van der Waals surface area contributed by atoms with Gasteiger partial charge in [-0.25, -0.2) is 0 Å². The summed E-state index contributed by atoms with van der Waals surface area (Å²) in [5.74, 6) is -0.226. The Hall–Kier alpha value is -1.92. The first-order valence-electron chi connectivity index (χ1n) is 3.44. The van der Waals surface area contributed by atoms with Gasteiger partial charge in [-0.15, -0.1) is 5.10 Å². The predicted molar refractivity (Wildman–Crippen MR) is 40.8 cm³/mol. The van der Waals surface area contributed by atoms with Crippen LogP contribution in [0.2, 0.25) is 0 Å². The lowest BCUT2D eigenvalue weighted by molar-refractivity contribution is -0.389. The highest BCUT2D eigenvalue weighted by atomic mass is 16.6. The number of aromatic amines is 1. The molecule has 1 N–H and O–H groups in total. The monoisotopic (exact) mass is 185 g/mol. The molecule has 0 saturated heterocycles. The van der Waals surface area contributed by atoms with Crippen molar-refractivity contribution in [3.05, 3.63) is 21.9 Å². The van der Waals surface area contributed by atoms with E-state index in [2.05, 4.69) is 14.9 Å². The number of rotatable bonds is 4. The molecule has 1 atom stereocenters. The number of aromatic nitrogens is 2. The van der Waals surface area contributed by atoms with E-state index >= 15 is 0 Å². The molecule has 0 aliphatic heterocycles. The first-order chi connectivity index (χ1) is 6.15. The third-order valence-electron chi connectivity index (χ3n) is 1.46. The van der Waals surface area contributed by atoms with Crippen molar-refractivity contribution in [1.29, 1.82) is 0 Å². The quantitative estimate of drug-likeness (QED) is 0.419. The minimum absolute atomic E-state index is 0.226. The predicted octanol–water partition coefficient (Wildman–Crippen LogP) is 0.552. The lowest BCUT2D eigenvalue weighted by Gasteiger charge is -2.02. The number of ether oxygens (including phenoxy) is 1. The SMILES string of the molecule is CC(OC=O)c1cc([N+](=O)[O-])[nH]n1. The second kappa shape index (κ2) is 3.65. The third-order valence-corrected chi connectivity index (χ3v) is 1.46. The van der Waals surface area contributed by atoms with Crippen LogP contribution in [0.5, 0.6) is 0 Å². The molecule has 7 nitrogen and oxygen atoms in total. The molecule has 70 valence electrons. The molecule has 1 aromatic rings. The van der Waals surface area contributed by atoms with Crippen molar-refractivity contribution in [2.45, 2.75) is 13.0 Å². The van der Waals surface area contributed by atoms with Gasteiger partial charge < -0.3 is 14.9 Å². The second-order valence-electron chi connectivity index (χ2n) is 2.31. The average molecular weight is 185 g/mol. The highest BCUT2D eigenvalue weighted by Crippen LogP contribution is 2.17. The van der Waals surface area contributed by atoms with Gasteiger partial charge in [-0.2, -0.15) is 0 Å². The zero-order valence-corrected chi connectivity index (χ0v) is 6.76. The molecule has 0 saturated carbocycles. The van der Waals surface area contributed by atoms with Crippen LogP contribution in [-0.2, 0) is 9.53 Å². The Labute approximate surface area is 72.9 Å². The molecule has 0 radical (unpaired) electrons. The van der Waals surface area contributed by atoms with Crippen molar-refractivity contribution in [2.24, 2.45) is 0 Å². The van der Waals surface area contributed by atoms with Gasteiger partial charge >= 0.3 is 5.82 Å². The Kier molecular flexibility index (Phi) is 2.58. The van der Waals surface area contributed by atoms with Gasteiger partial charge in [0.1, 0.15) is 11.8 Å². The number of hydrogen-bond acceptors (Lipinski definition) is 5. The van der Waals surface area contributed by atoms with Crippen LogP contribution in [0.4, 0.5) is 5.82 Å². The molecule has 1 heterocycles. The maximum atomic E-state index is 10.2. The maximum absolute atomic E-state index is 10.2. The van der Waals surface area contributed by atoms with Crippen LogP contribution in [0.25, 0.3) is 0 Å².